The minimum atomic E-state index is -2.88. The van der Waals surface area contributed by atoms with E-state index in [0.717, 1.165) is 11.0 Å². The summed E-state index contributed by atoms with van der Waals surface area (Å²) in [6, 6.07) is 10.3. The molecule has 1 aliphatic heterocycles. The fraction of sp³-hybridized carbons (Fsp3) is 0.345. The Hall–Kier alpha value is -3.99. The van der Waals surface area contributed by atoms with Gasteiger partial charge in [-0.1, -0.05) is 35.9 Å². The topological polar surface area (TPSA) is 95.5 Å². The van der Waals surface area contributed by atoms with Gasteiger partial charge >= 0.3 is 0 Å². The molecule has 2 aliphatic rings. The number of hydrogen-bond donors (Lipinski definition) is 1. The van der Waals surface area contributed by atoms with Gasteiger partial charge in [-0.15, -0.1) is 0 Å². The highest BCUT2D eigenvalue weighted by molar-refractivity contribution is 6.31. The molecule has 214 valence electrons. The Morgan fingerprint density at radius 2 is 1.83 bits per heavy atom. The van der Waals surface area contributed by atoms with Crippen LogP contribution in [0.1, 0.15) is 50.1 Å². The summed E-state index contributed by atoms with van der Waals surface area (Å²) in [6.45, 7) is 0. The third kappa shape index (κ3) is 6.35. The minimum absolute atomic E-state index is 0.0682. The highest BCUT2D eigenvalue weighted by Crippen LogP contribution is 2.39. The lowest BCUT2D eigenvalue weighted by Gasteiger charge is -2.39. The molecule has 8 nitrogen and oxygen atoms in total. The first-order valence-corrected chi connectivity index (χ1v) is 13.6. The van der Waals surface area contributed by atoms with Crippen LogP contribution in [0.4, 0.5) is 24.8 Å². The molecule has 2 heterocycles. The highest BCUT2D eigenvalue weighted by atomic mass is 35.5. The van der Waals surface area contributed by atoms with Crippen molar-refractivity contribution in [3.63, 3.8) is 0 Å². The van der Waals surface area contributed by atoms with Crippen molar-refractivity contribution in [1.29, 1.82) is 0 Å². The molecule has 41 heavy (non-hydrogen) atoms. The van der Waals surface area contributed by atoms with Gasteiger partial charge in [0, 0.05) is 66.4 Å². The molecule has 12 heteroatoms. The van der Waals surface area contributed by atoms with Gasteiger partial charge in [-0.2, -0.15) is 0 Å². The Morgan fingerprint density at radius 3 is 2.51 bits per heavy atom. The van der Waals surface area contributed by atoms with E-state index < -0.39 is 54.5 Å². The van der Waals surface area contributed by atoms with Gasteiger partial charge in [0.05, 0.1) is 0 Å². The zero-order valence-corrected chi connectivity index (χ0v) is 22.6. The quantitative estimate of drug-likeness (QED) is 0.390. The molecule has 0 bridgehead atoms. The van der Waals surface area contributed by atoms with E-state index in [2.05, 4.69) is 15.3 Å². The molecule has 0 radical (unpaired) electrons. The summed E-state index contributed by atoms with van der Waals surface area (Å²) in [5, 5.41) is 2.77. The molecule has 2 fully saturated rings. The number of alkyl halides is 2. The maximum atomic E-state index is 14.5. The van der Waals surface area contributed by atoms with Gasteiger partial charge in [0.1, 0.15) is 11.9 Å². The zero-order valence-electron chi connectivity index (χ0n) is 21.9. The molecule has 5 rings (SSSR count). The number of halogens is 4. The van der Waals surface area contributed by atoms with Gasteiger partial charge in [-0.3, -0.25) is 24.2 Å². The van der Waals surface area contributed by atoms with Crippen LogP contribution < -0.4 is 15.1 Å². The second-order valence-electron chi connectivity index (χ2n) is 10.2. The van der Waals surface area contributed by atoms with Crippen molar-refractivity contribution in [3.8, 4) is 0 Å². The van der Waals surface area contributed by atoms with Crippen molar-refractivity contribution in [1.82, 2.24) is 15.3 Å². The zero-order chi connectivity index (χ0) is 29.1. The van der Waals surface area contributed by atoms with E-state index in [1.165, 1.54) is 41.6 Å². The molecule has 0 unspecified atom stereocenters. The number of piperidine rings is 1. The SMILES string of the molecule is O=C(NC1CC(F)(F)C1)[C@@H](c1ccccc1Cl)N(C(=O)C[C@@H]1CCCC(=O)N1c1ncccn1)c1cccc(F)c1. The number of rotatable bonds is 8. The van der Waals surface area contributed by atoms with Crippen LogP contribution in [-0.2, 0) is 14.4 Å². The smallest absolute Gasteiger partial charge is 0.252 e. The predicted molar refractivity (Wildman–Crippen MR) is 146 cm³/mol. The largest absolute Gasteiger partial charge is 0.351 e. The second-order valence-corrected chi connectivity index (χ2v) is 10.6. The summed E-state index contributed by atoms with van der Waals surface area (Å²) < 4.78 is 41.6. The second kappa shape index (κ2) is 11.9. The van der Waals surface area contributed by atoms with Crippen molar-refractivity contribution in [2.45, 2.75) is 62.6 Å². The summed E-state index contributed by atoms with van der Waals surface area (Å²) >= 11 is 6.49. The first-order valence-electron chi connectivity index (χ1n) is 13.2. The number of carbonyl (C=O) groups excluding carboxylic acids is 3. The van der Waals surface area contributed by atoms with Crippen molar-refractivity contribution in [3.05, 3.63) is 83.4 Å². The molecule has 1 N–H and O–H groups in total. The fourth-order valence-corrected chi connectivity index (χ4v) is 5.57. The summed E-state index contributed by atoms with van der Waals surface area (Å²) in [5.41, 5.74) is 0.303. The van der Waals surface area contributed by atoms with E-state index in [1.807, 2.05) is 0 Å². The number of benzene rings is 2. The van der Waals surface area contributed by atoms with Crippen LogP contribution in [0.15, 0.2) is 67.0 Å². The lowest BCUT2D eigenvalue weighted by Crippen LogP contribution is -2.54. The fourth-order valence-electron chi connectivity index (χ4n) is 5.33. The molecule has 0 spiro atoms. The standard InChI is InChI=1S/C29H27ClF3N5O3/c30-23-10-2-1-9-22(23)26(27(41)36-19-16-29(32,33)17-19)37(20-7-3-6-18(31)14-20)25(40)15-21-8-4-11-24(39)38(21)28-34-12-5-13-35-28/h1-3,5-7,9-10,12-14,19,21,26H,4,8,11,15-17H2,(H,36,41)/t21-,26+/m0/s1. The average Bonchev–Trinajstić information content (AvgIpc) is 2.91. The number of nitrogens with zero attached hydrogens (tertiary/aromatic N) is 4. The Balaban J connectivity index is 1.53. The van der Waals surface area contributed by atoms with E-state index in [0.29, 0.717) is 12.8 Å². The average molecular weight is 586 g/mol. The number of amides is 3. The molecular formula is C29H27ClF3N5O3. The van der Waals surface area contributed by atoms with Crippen molar-refractivity contribution in [2.75, 3.05) is 9.80 Å². The molecule has 1 aliphatic carbocycles. The van der Waals surface area contributed by atoms with E-state index in [4.69, 9.17) is 11.6 Å². The van der Waals surface area contributed by atoms with Crippen molar-refractivity contribution < 1.29 is 27.6 Å². The molecular weight excluding hydrogens is 559 g/mol. The first-order chi connectivity index (χ1) is 19.6. The summed E-state index contributed by atoms with van der Waals surface area (Å²) in [7, 11) is 0. The lowest BCUT2D eigenvalue weighted by atomic mass is 9.87. The maximum absolute atomic E-state index is 14.5. The normalized spacial score (nSPS) is 19.3. The molecule has 3 aromatic rings. The van der Waals surface area contributed by atoms with E-state index >= 15 is 0 Å². The highest BCUT2D eigenvalue weighted by Gasteiger charge is 2.47. The molecule has 3 amide bonds. The lowest BCUT2D eigenvalue weighted by molar-refractivity contribution is -0.133. The van der Waals surface area contributed by atoms with Gasteiger partial charge < -0.3 is 5.32 Å². The van der Waals surface area contributed by atoms with Crippen LogP contribution in [0.2, 0.25) is 5.02 Å². The molecule has 2 aromatic carbocycles. The number of carbonyl (C=O) groups is 3. The van der Waals surface area contributed by atoms with Crippen LogP contribution in [0.3, 0.4) is 0 Å². The van der Waals surface area contributed by atoms with Crippen molar-refractivity contribution >= 4 is 41.0 Å². The summed E-state index contributed by atoms with van der Waals surface area (Å²) in [5.74, 6) is -4.96. The van der Waals surface area contributed by atoms with E-state index in [9.17, 15) is 27.6 Å². The number of aromatic nitrogens is 2. The maximum Gasteiger partial charge on any atom is 0.252 e. The van der Waals surface area contributed by atoms with Gasteiger partial charge in [-0.25, -0.2) is 23.1 Å². The Kier molecular flexibility index (Phi) is 8.25. The van der Waals surface area contributed by atoms with Crippen LogP contribution >= 0.6 is 11.6 Å². The number of anilines is 2. The van der Waals surface area contributed by atoms with Gasteiger partial charge in [0.15, 0.2) is 0 Å². The van der Waals surface area contributed by atoms with Crippen LogP contribution in [0.5, 0.6) is 0 Å². The predicted octanol–water partition coefficient (Wildman–Crippen LogP) is 5.23. The van der Waals surface area contributed by atoms with Gasteiger partial charge in [0.25, 0.3) is 5.92 Å². The molecule has 1 saturated heterocycles. The molecule has 1 saturated carbocycles. The monoisotopic (exact) mass is 585 g/mol. The van der Waals surface area contributed by atoms with Gasteiger partial charge in [-0.05, 0) is 43.2 Å². The van der Waals surface area contributed by atoms with Crippen molar-refractivity contribution in [2.24, 2.45) is 0 Å². The third-order valence-corrected chi connectivity index (χ3v) is 7.58. The molecule has 2 atom stereocenters. The van der Waals surface area contributed by atoms with Crippen LogP contribution in [0.25, 0.3) is 0 Å². The number of nitrogens with one attached hydrogen (secondary N) is 1. The van der Waals surface area contributed by atoms with Crippen LogP contribution in [0, 0.1) is 5.82 Å². The molecule has 1 aromatic heterocycles. The Bertz CT molecular complexity index is 1440. The number of hydrogen-bond acceptors (Lipinski definition) is 5. The summed E-state index contributed by atoms with van der Waals surface area (Å²) in [6.07, 6.45) is 2.94. The van der Waals surface area contributed by atoms with E-state index in [1.54, 1.807) is 24.3 Å². The Labute approximate surface area is 239 Å². The van der Waals surface area contributed by atoms with E-state index in [-0.39, 0.29) is 41.0 Å². The van der Waals surface area contributed by atoms with Gasteiger partial charge in [0.2, 0.25) is 23.7 Å². The first kappa shape index (κ1) is 28.5. The minimum Gasteiger partial charge on any atom is -0.351 e. The van der Waals surface area contributed by atoms with Crippen LogP contribution in [-0.4, -0.2) is 45.7 Å². The third-order valence-electron chi connectivity index (χ3n) is 7.24. The Morgan fingerprint density at radius 1 is 1.10 bits per heavy atom. The summed E-state index contributed by atoms with van der Waals surface area (Å²) in [4.78, 5) is 51.7.